The van der Waals surface area contributed by atoms with E-state index in [1.54, 1.807) is 0 Å². The number of hydrogen-bond acceptors (Lipinski definition) is 4. The highest BCUT2D eigenvalue weighted by Gasteiger charge is 2.19. The number of aryl methyl sites for hydroxylation is 1. The number of nitrogens with two attached hydrogens (primary N) is 1. The molecule has 2 N–H and O–H groups in total. The Labute approximate surface area is 94.6 Å². The topological polar surface area (TPSA) is 56.7 Å². The molecule has 0 fully saturated rings. The van der Waals surface area contributed by atoms with Crippen molar-refractivity contribution in [1.29, 1.82) is 0 Å². The summed E-state index contributed by atoms with van der Waals surface area (Å²) in [6, 6.07) is 0.0526. The van der Waals surface area contributed by atoms with E-state index in [1.165, 1.54) is 12.8 Å². The molecule has 0 bridgehead atoms. The maximum atomic E-state index is 6.11. The van der Waals surface area contributed by atoms with Gasteiger partial charge in [-0.3, -0.25) is 0 Å². The average Bonchev–Trinajstić information content (AvgIpc) is 2.69. The Morgan fingerprint density at radius 1 is 1.47 bits per heavy atom. The molecular weight excluding hydrogens is 208 g/mol. The quantitative estimate of drug-likeness (QED) is 0.842. The standard InChI is InChI=1S/C10H18N4S/c1-15-7-5-8(11)10-13-12-9-4-2-3-6-14(9)10/h8H,2-7,11H2,1H3. The number of aromatic nitrogens is 3. The van der Waals surface area contributed by atoms with Gasteiger partial charge in [0.05, 0.1) is 6.04 Å². The predicted molar refractivity (Wildman–Crippen MR) is 62.9 cm³/mol. The summed E-state index contributed by atoms with van der Waals surface area (Å²) in [5, 5.41) is 8.44. The Bertz CT molecular complexity index is 323. The molecule has 2 heterocycles. The molecule has 5 heteroatoms. The van der Waals surface area contributed by atoms with Crippen molar-refractivity contribution < 1.29 is 0 Å². The normalized spacial score (nSPS) is 17.5. The van der Waals surface area contributed by atoms with E-state index in [4.69, 9.17) is 5.73 Å². The van der Waals surface area contributed by atoms with Crippen LogP contribution in [0, 0.1) is 0 Å². The van der Waals surface area contributed by atoms with Gasteiger partial charge in [0, 0.05) is 13.0 Å². The second-order valence-electron chi connectivity index (χ2n) is 3.97. The molecule has 1 atom stereocenters. The fraction of sp³-hybridized carbons (Fsp3) is 0.800. The molecule has 1 aromatic heterocycles. The highest BCUT2D eigenvalue weighted by atomic mass is 32.2. The Morgan fingerprint density at radius 3 is 3.13 bits per heavy atom. The van der Waals surface area contributed by atoms with Gasteiger partial charge >= 0.3 is 0 Å². The van der Waals surface area contributed by atoms with Crippen LogP contribution in [-0.2, 0) is 13.0 Å². The Balaban J connectivity index is 2.10. The molecule has 84 valence electrons. The first kappa shape index (κ1) is 11.0. The van der Waals surface area contributed by atoms with E-state index < -0.39 is 0 Å². The van der Waals surface area contributed by atoms with Crippen LogP contribution < -0.4 is 5.73 Å². The van der Waals surface area contributed by atoms with Crippen LogP contribution in [0.1, 0.15) is 37.0 Å². The molecule has 4 nitrogen and oxygen atoms in total. The van der Waals surface area contributed by atoms with Crippen LogP contribution in [0.2, 0.25) is 0 Å². The summed E-state index contributed by atoms with van der Waals surface area (Å²) in [5.74, 6) is 3.19. The second-order valence-corrected chi connectivity index (χ2v) is 4.96. The second kappa shape index (κ2) is 4.99. The van der Waals surface area contributed by atoms with Crippen molar-refractivity contribution in [3.8, 4) is 0 Å². The third-order valence-corrected chi connectivity index (χ3v) is 3.50. The van der Waals surface area contributed by atoms with Crippen molar-refractivity contribution in [2.24, 2.45) is 5.73 Å². The summed E-state index contributed by atoms with van der Waals surface area (Å²) >= 11 is 1.83. The summed E-state index contributed by atoms with van der Waals surface area (Å²) in [6.07, 6.45) is 6.61. The Morgan fingerprint density at radius 2 is 2.33 bits per heavy atom. The summed E-state index contributed by atoms with van der Waals surface area (Å²) in [6.45, 7) is 1.05. The van der Waals surface area contributed by atoms with Gasteiger partial charge in [0.15, 0.2) is 0 Å². The number of nitrogens with zero attached hydrogens (tertiary/aromatic N) is 3. The van der Waals surface area contributed by atoms with Crippen molar-refractivity contribution in [1.82, 2.24) is 14.8 Å². The summed E-state index contributed by atoms with van der Waals surface area (Å²) in [5.41, 5.74) is 6.11. The summed E-state index contributed by atoms with van der Waals surface area (Å²) < 4.78 is 2.22. The molecule has 2 rings (SSSR count). The number of rotatable bonds is 4. The van der Waals surface area contributed by atoms with Crippen molar-refractivity contribution in [3.05, 3.63) is 11.6 Å². The minimum Gasteiger partial charge on any atom is -0.321 e. The lowest BCUT2D eigenvalue weighted by Gasteiger charge is -2.17. The van der Waals surface area contributed by atoms with Gasteiger partial charge in [-0.25, -0.2) is 0 Å². The largest absolute Gasteiger partial charge is 0.321 e. The minimum atomic E-state index is 0.0526. The van der Waals surface area contributed by atoms with E-state index >= 15 is 0 Å². The van der Waals surface area contributed by atoms with Crippen LogP contribution >= 0.6 is 11.8 Å². The van der Waals surface area contributed by atoms with Crippen LogP contribution in [0.25, 0.3) is 0 Å². The molecule has 0 aromatic carbocycles. The van der Waals surface area contributed by atoms with Gasteiger partial charge in [-0.2, -0.15) is 11.8 Å². The van der Waals surface area contributed by atoms with Gasteiger partial charge in [0.1, 0.15) is 11.6 Å². The predicted octanol–water partition coefficient (Wildman–Crippen LogP) is 1.37. The van der Waals surface area contributed by atoms with E-state index in [-0.39, 0.29) is 6.04 Å². The fourth-order valence-corrected chi connectivity index (χ4v) is 2.47. The van der Waals surface area contributed by atoms with Gasteiger partial charge in [-0.15, -0.1) is 10.2 Å². The first-order valence-corrected chi connectivity index (χ1v) is 6.89. The average molecular weight is 226 g/mol. The van der Waals surface area contributed by atoms with E-state index in [0.717, 1.165) is 36.8 Å². The van der Waals surface area contributed by atoms with Crippen molar-refractivity contribution in [3.63, 3.8) is 0 Å². The van der Waals surface area contributed by atoms with Crippen LogP contribution in [0.3, 0.4) is 0 Å². The third-order valence-electron chi connectivity index (χ3n) is 2.85. The van der Waals surface area contributed by atoms with E-state index in [2.05, 4.69) is 21.0 Å². The van der Waals surface area contributed by atoms with Crippen LogP contribution in [-0.4, -0.2) is 26.8 Å². The lowest BCUT2D eigenvalue weighted by Crippen LogP contribution is -2.20. The molecule has 1 unspecified atom stereocenters. The SMILES string of the molecule is CSCCC(N)c1nnc2n1CCCC2. The molecule has 0 spiro atoms. The number of hydrogen-bond donors (Lipinski definition) is 1. The lowest BCUT2D eigenvalue weighted by molar-refractivity contribution is 0.487. The number of thioether (sulfide) groups is 1. The molecule has 1 aromatic rings. The lowest BCUT2D eigenvalue weighted by atomic mass is 10.1. The number of fused-ring (bicyclic) bond motifs is 1. The molecule has 15 heavy (non-hydrogen) atoms. The zero-order chi connectivity index (χ0) is 10.7. The molecule has 1 aliphatic heterocycles. The molecule has 0 radical (unpaired) electrons. The molecular formula is C10H18N4S. The zero-order valence-corrected chi connectivity index (χ0v) is 9.96. The fourth-order valence-electron chi connectivity index (χ4n) is 1.98. The smallest absolute Gasteiger partial charge is 0.150 e. The van der Waals surface area contributed by atoms with Gasteiger partial charge in [0.25, 0.3) is 0 Å². The van der Waals surface area contributed by atoms with E-state index in [1.807, 2.05) is 11.8 Å². The van der Waals surface area contributed by atoms with Crippen molar-refractivity contribution >= 4 is 11.8 Å². The van der Waals surface area contributed by atoms with Gasteiger partial charge in [-0.05, 0) is 31.3 Å². The monoisotopic (exact) mass is 226 g/mol. The third kappa shape index (κ3) is 2.34. The van der Waals surface area contributed by atoms with Crippen molar-refractivity contribution in [2.75, 3.05) is 12.0 Å². The van der Waals surface area contributed by atoms with Gasteiger partial charge in [-0.1, -0.05) is 0 Å². The van der Waals surface area contributed by atoms with Gasteiger partial charge < -0.3 is 10.3 Å². The molecule has 0 saturated heterocycles. The first-order chi connectivity index (χ1) is 7.33. The molecule has 1 aliphatic rings. The van der Waals surface area contributed by atoms with Crippen LogP contribution in [0.5, 0.6) is 0 Å². The molecule has 0 aliphatic carbocycles. The highest BCUT2D eigenvalue weighted by molar-refractivity contribution is 7.98. The molecule has 0 amide bonds. The van der Waals surface area contributed by atoms with E-state index in [0.29, 0.717) is 0 Å². The van der Waals surface area contributed by atoms with Crippen LogP contribution in [0.4, 0.5) is 0 Å². The highest BCUT2D eigenvalue weighted by Crippen LogP contribution is 2.20. The minimum absolute atomic E-state index is 0.0526. The summed E-state index contributed by atoms with van der Waals surface area (Å²) in [4.78, 5) is 0. The first-order valence-electron chi connectivity index (χ1n) is 5.49. The Kier molecular flexibility index (Phi) is 3.64. The maximum Gasteiger partial charge on any atom is 0.150 e. The zero-order valence-electron chi connectivity index (χ0n) is 9.15. The summed E-state index contributed by atoms with van der Waals surface area (Å²) in [7, 11) is 0. The van der Waals surface area contributed by atoms with E-state index in [9.17, 15) is 0 Å². The molecule has 0 saturated carbocycles. The van der Waals surface area contributed by atoms with Gasteiger partial charge in [0.2, 0.25) is 0 Å². The Hall–Kier alpha value is -0.550. The van der Waals surface area contributed by atoms with Crippen molar-refractivity contribution in [2.45, 2.75) is 38.3 Å². The maximum absolute atomic E-state index is 6.11. The van der Waals surface area contributed by atoms with Crippen LogP contribution in [0.15, 0.2) is 0 Å².